The quantitative estimate of drug-likeness (QED) is 0.312. The van der Waals surface area contributed by atoms with Gasteiger partial charge in [-0.1, -0.05) is 55.5 Å². The molecule has 1 aliphatic heterocycles. The van der Waals surface area contributed by atoms with Crippen LogP contribution in [0, 0.1) is 6.92 Å². The molecule has 0 bridgehead atoms. The zero-order valence-electron chi connectivity index (χ0n) is 19.9. The Balaban J connectivity index is 1.43. The molecule has 1 aromatic heterocycles. The highest BCUT2D eigenvalue weighted by atomic mass is 16.6. The minimum Gasteiger partial charge on any atom is -0.484 e. The average Bonchev–Trinajstić information content (AvgIpc) is 3.42. The Labute approximate surface area is 203 Å². The van der Waals surface area contributed by atoms with Crippen molar-refractivity contribution < 1.29 is 23.5 Å². The van der Waals surface area contributed by atoms with E-state index in [1.165, 1.54) is 4.90 Å². The third-order valence-corrected chi connectivity index (χ3v) is 6.28. The first-order valence-electron chi connectivity index (χ1n) is 11.7. The van der Waals surface area contributed by atoms with E-state index in [1.54, 1.807) is 0 Å². The lowest BCUT2D eigenvalue weighted by Crippen LogP contribution is -2.33. The molecule has 2 amide bonds. The van der Waals surface area contributed by atoms with E-state index in [1.807, 2.05) is 63.2 Å². The van der Waals surface area contributed by atoms with E-state index >= 15 is 0 Å². The molecule has 1 saturated heterocycles. The van der Waals surface area contributed by atoms with Gasteiger partial charge in [0.15, 0.2) is 6.61 Å². The van der Waals surface area contributed by atoms with Gasteiger partial charge < -0.3 is 13.9 Å². The Kier molecular flexibility index (Phi) is 5.99. The summed E-state index contributed by atoms with van der Waals surface area (Å²) in [5.74, 6) is 1.43. The number of rotatable bonds is 7. The Morgan fingerprint density at radius 1 is 1.03 bits per heavy atom. The van der Waals surface area contributed by atoms with Gasteiger partial charge in [0, 0.05) is 11.1 Å². The third-order valence-electron chi connectivity index (χ3n) is 6.28. The van der Waals surface area contributed by atoms with E-state index in [-0.39, 0.29) is 12.5 Å². The number of nitrogens with zero attached hydrogens (tertiary/aromatic N) is 2. The van der Waals surface area contributed by atoms with Crippen molar-refractivity contribution in [3.8, 4) is 17.2 Å². The summed E-state index contributed by atoms with van der Waals surface area (Å²) in [5.41, 5.74) is 2.32. The van der Waals surface area contributed by atoms with Crippen LogP contribution in [-0.4, -0.2) is 28.5 Å². The predicted octanol–water partition coefficient (Wildman–Crippen LogP) is 6.37. The van der Waals surface area contributed by atoms with Crippen molar-refractivity contribution in [3.05, 3.63) is 83.7 Å². The molecule has 3 aromatic carbocycles. The van der Waals surface area contributed by atoms with Gasteiger partial charge in [-0.25, -0.2) is 14.7 Å². The standard InChI is InChI=1S/C28H26N2O5/c1-4-23(30-25(31)16-33-28(30)32)22-11-7-8-12-24(22)34-17(2)26-18(3)35-27(29-26)21-14-13-19-9-5-6-10-20(19)15-21/h5-15,17,23H,4,16H2,1-3H3. The molecule has 4 aromatic rings. The van der Waals surface area contributed by atoms with Gasteiger partial charge in [-0.05, 0) is 49.2 Å². The van der Waals surface area contributed by atoms with Crippen molar-refractivity contribution in [3.63, 3.8) is 0 Å². The maximum Gasteiger partial charge on any atom is 0.417 e. The molecule has 2 unspecified atom stereocenters. The van der Waals surface area contributed by atoms with E-state index in [4.69, 9.17) is 18.9 Å². The lowest BCUT2D eigenvalue weighted by molar-refractivity contribution is -0.127. The van der Waals surface area contributed by atoms with Crippen molar-refractivity contribution >= 4 is 22.8 Å². The molecule has 1 fully saturated rings. The van der Waals surface area contributed by atoms with E-state index in [0.29, 0.717) is 29.5 Å². The third kappa shape index (κ3) is 4.25. The SMILES string of the molecule is CCC(c1ccccc1OC(C)c1nc(-c2ccc3ccccc3c2)oc1C)N1C(=O)COC1=O. The van der Waals surface area contributed by atoms with Gasteiger partial charge in [0.2, 0.25) is 5.89 Å². The number of para-hydroxylation sites is 1. The highest BCUT2D eigenvalue weighted by Crippen LogP contribution is 2.37. The van der Waals surface area contributed by atoms with E-state index in [0.717, 1.165) is 21.9 Å². The van der Waals surface area contributed by atoms with Crippen LogP contribution in [0.3, 0.4) is 0 Å². The lowest BCUT2D eigenvalue weighted by atomic mass is 10.0. The minimum atomic E-state index is -0.628. The van der Waals surface area contributed by atoms with Gasteiger partial charge >= 0.3 is 6.09 Å². The van der Waals surface area contributed by atoms with Crippen molar-refractivity contribution in [1.29, 1.82) is 0 Å². The van der Waals surface area contributed by atoms with Gasteiger partial charge in [-0.15, -0.1) is 0 Å². The number of benzene rings is 3. The normalized spacial score (nSPS) is 15.3. The van der Waals surface area contributed by atoms with Crippen LogP contribution in [0.4, 0.5) is 4.79 Å². The molecule has 0 aliphatic carbocycles. The highest BCUT2D eigenvalue weighted by molar-refractivity contribution is 5.98. The summed E-state index contributed by atoms with van der Waals surface area (Å²) in [7, 11) is 0. The van der Waals surface area contributed by atoms with E-state index in [2.05, 4.69) is 24.3 Å². The number of imide groups is 1. The molecule has 0 radical (unpaired) electrons. The summed E-state index contributed by atoms with van der Waals surface area (Å²) in [6, 6.07) is 21.2. The van der Waals surface area contributed by atoms with E-state index < -0.39 is 18.2 Å². The number of fused-ring (bicyclic) bond motifs is 1. The van der Waals surface area contributed by atoms with Crippen molar-refractivity contribution in [2.75, 3.05) is 6.61 Å². The van der Waals surface area contributed by atoms with Gasteiger partial charge in [0.1, 0.15) is 23.3 Å². The van der Waals surface area contributed by atoms with Crippen LogP contribution in [0.2, 0.25) is 0 Å². The summed E-state index contributed by atoms with van der Waals surface area (Å²) in [6.45, 7) is 5.46. The maximum absolute atomic E-state index is 12.3. The number of aromatic nitrogens is 1. The zero-order chi connectivity index (χ0) is 24.5. The molecular weight excluding hydrogens is 444 g/mol. The topological polar surface area (TPSA) is 81.9 Å². The molecular formula is C28H26N2O5. The van der Waals surface area contributed by atoms with Crippen LogP contribution in [0.25, 0.3) is 22.2 Å². The average molecular weight is 471 g/mol. The molecule has 2 heterocycles. The lowest BCUT2D eigenvalue weighted by Gasteiger charge is -2.26. The number of carbonyl (C=O) groups is 2. The second-order valence-electron chi connectivity index (χ2n) is 8.56. The zero-order valence-corrected chi connectivity index (χ0v) is 19.9. The number of aryl methyl sites for hydroxylation is 1. The number of cyclic esters (lactones) is 1. The second-order valence-corrected chi connectivity index (χ2v) is 8.56. The molecule has 5 rings (SSSR count). The fourth-order valence-corrected chi connectivity index (χ4v) is 4.55. The number of oxazole rings is 1. The van der Waals surface area contributed by atoms with Crippen LogP contribution < -0.4 is 4.74 Å². The van der Waals surface area contributed by atoms with Crippen molar-refractivity contribution in [1.82, 2.24) is 9.88 Å². The molecule has 0 N–H and O–H groups in total. The van der Waals surface area contributed by atoms with Crippen LogP contribution in [0.1, 0.15) is 49.4 Å². The molecule has 7 nitrogen and oxygen atoms in total. The highest BCUT2D eigenvalue weighted by Gasteiger charge is 2.38. The van der Waals surface area contributed by atoms with Crippen LogP contribution in [-0.2, 0) is 9.53 Å². The van der Waals surface area contributed by atoms with Crippen molar-refractivity contribution in [2.24, 2.45) is 0 Å². The van der Waals surface area contributed by atoms with Crippen LogP contribution in [0.15, 0.2) is 71.1 Å². The predicted molar refractivity (Wildman–Crippen MR) is 131 cm³/mol. The first-order valence-corrected chi connectivity index (χ1v) is 11.7. The minimum absolute atomic E-state index is 0.232. The second kappa shape index (κ2) is 9.25. The van der Waals surface area contributed by atoms with Crippen molar-refractivity contribution in [2.45, 2.75) is 39.3 Å². The number of carbonyl (C=O) groups excluding carboxylic acids is 2. The molecule has 7 heteroatoms. The summed E-state index contributed by atoms with van der Waals surface area (Å²) >= 11 is 0. The fourth-order valence-electron chi connectivity index (χ4n) is 4.55. The number of amides is 2. The maximum atomic E-state index is 12.3. The van der Waals surface area contributed by atoms with Crippen LogP contribution in [0.5, 0.6) is 5.75 Å². The van der Waals surface area contributed by atoms with Gasteiger partial charge in [0.05, 0.1) is 6.04 Å². The Hall–Kier alpha value is -4.13. The van der Waals surface area contributed by atoms with Gasteiger partial charge in [-0.2, -0.15) is 0 Å². The number of hydrogen-bond acceptors (Lipinski definition) is 6. The first kappa shape index (κ1) is 22.7. The largest absolute Gasteiger partial charge is 0.484 e. The summed E-state index contributed by atoms with van der Waals surface area (Å²) in [4.78, 5) is 30.4. The monoisotopic (exact) mass is 470 g/mol. The molecule has 0 saturated carbocycles. The summed E-state index contributed by atoms with van der Waals surface area (Å²) in [5, 5.41) is 2.26. The fraction of sp³-hybridized carbons (Fsp3) is 0.250. The van der Waals surface area contributed by atoms with Crippen LogP contribution >= 0.6 is 0 Å². The Morgan fingerprint density at radius 2 is 1.77 bits per heavy atom. The summed E-state index contributed by atoms with van der Waals surface area (Å²) in [6.07, 6.45) is -0.519. The molecule has 2 atom stereocenters. The first-order chi connectivity index (χ1) is 17.0. The Morgan fingerprint density at radius 3 is 2.51 bits per heavy atom. The van der Waals surface area contributed by atoms with Gasteiger partial charge in [0.25, 0.3) is 5.91 Å². The van der Waals surface area contributed by atoms with Gasteiger partial charge in [-0.3, -0.25) is 4.79 Å². The smallest absolute Gasteiger partial charge is 0.417 e. The number of ether oxygens (including phenoxy) is 2. The molecule has 35 heavy (non-hydrogen) atoms. The molecule has 178 valence electrons. The summed E-state index contributed by atoms with van der Waals surface area (Å²) < 4.78 is 17.3. The molecule has 0 spiro atoms. The number of hydrogen-bond donors (Lipinski definition) is 0. The molecule has 1 aliphatic rings. The Bertz CT molecular complexity index is 1390. The van der Waals surface area contributed by atoms with E-state index in [9.17, 15) is 9.59 Å².